The van der Waals surface area contributed by atoms with Crippen LogP contribution < -0.4 is 5.32 Å². The second-order valence-electron chi connectivity index (χ2n) is 3.03. The second-order valence-corrected chi connectivity index (χ2v) is 3.78. The second kappa shape index (κ2) is 5.11. The lowest BCUT2D eigenvalue weighted by Crippen LogP contribution is -2.23. The Morgan fingerprint density at radius 1 is 1.41 bits per heavy atom. The van der Waals surface area contributed by atoms with E-state index in [-0.39, 0.29) is 22.4 Å². The maximum absolute atomic E-state index is 11.7. The van der Waals surface area contributed by atoms with E-state index in [9.17, 15) is 4.79 Å². The summed E-state index contributed by atoms with van der Waals surface area (Å²) in [6.45, 7) is 0.228. The zero-order valence-corrected chi connectivity index (χ0v) is 9.87. The minimum atomic E-state index is -0.408. The highest BCUT2D eigenvalue weighted by molar-refractivity contribution is 6.34. The van der Waals surface area contributed by atoms with Crippen LogP contribution in [0.15, 0.2) is 23.1 Å². The fourth-order valence-corrected chi connectivity index (χ4v) is 1.43. The molecule has 0 spiro atoms. The number of nitrogens with one attached hydrogen (secondary N) is 1. The van der Waals surface area contributed by atoms with Crippen LogP contribution in [-0.4, -0.2) is 21.1 Å². The van der Waals surface area contributed by atoms with Crippen LogP contribution in [-0.2, 0) is 6.54 Å². The van der Waals surface area contributed by atoms with Gasteiger partial charge >= 0.3 is 0 Å². The highest BCUT2D eigenvalue weighted by atomic mass is 35.5. The fraction of sp³-hybridized carbons (Fsp3) is 0.111. The molecule has 0 bridgehead atoms. The molecule has 0 fully saturated rings. The Hall–Kier alpha value is -1.66. The predicted octanol–water partition coefficient (Wildman–Crippen LogP) is 1.70. The Labute approximate surface area is 106 Å². The Bertz CT molecular complexity index is 530. The summed E-state index contributed by atoms with van der Waals surface area (Å²) in [5.74, 6) is -0.408. The number of aromatic nitrogens is 3. The van der Waals surface area contributed by atoms with Crippen molar-refractivity contribution in [1.29, 1.82) is 0 Å². The van der Waals surface area contributed by atoms with Gasteiger partial charge < -0.3 is 9.73 Å². The third-order valence-electron chi connectivity index (χ3n) is 1.88. The Morgan fingerprint density at radius 3 is 2.94 bits per heavy atom. The SMILES string of the molecule is O=C(NCc1cocn1)c1cc(Cl)nnc1Cl. The van der Waals surface area contributed by atoms with Gasteiger partial charge in [-0.15, -0.1) is 10.2 Å². The molecule has 6 nitrogen and oxygen atoms in total. The lowest BCUT2D eigenvalue weighted by atomic mass is 10.3. The molecule has 0 aliphatic carbocycles. The summed E-state index contributed by atoms with van der Waals surface area (Å²) in [5.41, 5.74) is 0.762. The number of nitrogens with zero attached hydrogens (tertiary/aromatic N) is 3. The molecule has 0 aliphatic heterocycles. The minimum Gasteiger partial charge on any atom is -0.451 e. The van der Waals surface area contributed by atoms with Crippen LogP contribution >= 0.6 is 23.2 Å². The van der Waals surface area contributed by atoms with Crippen molar-refractivity contribution >= 4 is 29.1 Å². The number of carbonyl (C=O) groups excluding carboxylic acids is 1. The van der Waals surface area contributed by atoms with Gasteiger partial charge in [-0.05, 0) is 6.07 Å². The summed E-state index contributed by atoms with van der Waals surface area (Å²) >= 11 is 11.3. The van der Waals surface area contributed by atoms with Gasteiger partial charge in [0, 0.05) is 0 Å². The normalized spacial score (nSPS) is 10.2. The van der Waals surface area contributed by atoms with Crippen LogP contribution in [0.5, 0.6) is 0 Å². The topological polar surface area (TPSA) is 80.9 Å². The summed E-state index contributed by atoms with van der Waals surface area (Å²) in [5, 5.41) is 9.73. The lowest BCUT2D eigenvalue weighted by Gasteiger charge is -2.04. The number of hydrogen-bond donors (Lipinski definition) is 1. The number of carbonyl (C=O) groups is 1. The number of amides is 1. The maximum Gasteiger partial charge on any atom is 0.254 e. The zero-order chi connectivity index (χ0) is 12.3. The van der Waals surface area contributed by atoms with Crippen molar-refractivity contribution in [3.63, 3.8) is 0 Å². The first-order valence-corrected chi connectivity index (χ1v) is 5.26. The van der Waals surface area contributed by atoms with Gasteiger partial charge in [-0.2, -0.15) is 0 Å². The highest BCUT2D eigenvalue weighted by Gasteiger charge is 2.13. The van der Waals surface area contributed by atoms with Crippen molar-refractivity contribution in [3.8, 4) is 0 Å². The van der Waals surface area contributed by atoms with Crippen LogP contribution in [0.1, 0.15) is 16.1 Å². The van der Waals surface area contributed by atoms with Gasteiger partial charge in [-0.25, -0.2) is 4.98 Å². The first-order chi connectivity index (χ1) is 8.16. The van der Waals surface area contributed by atoms with Gasteiger partial charge in [0.2, 0.25) is 0 Å². The van der Waals surface area contributed by atoms with Gasteiger partial charge in [0.1, 0.15) is 6.26 Å². The summed E-state index contributed by atoms with van der Waals surface area (Å²) in [4.78, 5) is 15.6. The molecule has 1 N–H and O–H groups in total. The van der Waals surface area contributed by atoms with Gasteiger partial charge in [0.05, 0.1) is 17.8 Å². The highest BCUT2D eigenvalue weighted by Crippen LogP contribution is 2.15. The molecule has 88 valence electrons. The van der Waals surface area contributed by atoms with Crippen molar-refractivity contribution in [2.75, 3.05) is 0 Å². The average molecular weight is 273 g/mol. The Kier molecular flexibility index (Phi) is 3.55. The van der Waals surface area contributed by atoms with Gasteiger partial charge in [-0.3, -0.25) is 4.79 Å². The molecule has 0 aromatic carbocycles. The third-order valence-corrected chi connectivity index (χ3v) is 2.34. The molecule has 1 amide bonds. The monoisotopic (exact) mass is 272 g/mol. The summed E-state index contributed by atoms with van der Waals surface area (Å²) < 4.78 is 4.76. The molecule has 0 saturated carbocycles. The molecule has 2 aromatic rings. The summed E-state index contributed by atoms with van der Waals surface area (Å²) in [6, 6.07) is 1.34. The van der Waals surface area contributed by atoms with Crippen LogP contribution in [0.25, 0.3) is 0 Å². The molecule has 2 rings (SSSR count). The molecule has 8 heteroatoms. The zero-order valence-electron chi connectivity index (χ0n) is 8.35. The van der Waals surface area contributed by atoms with E-state index in [1.54, 1.807) is 0 Å². The molecular weight excluding hydrogens is 267 g/mol. The number of halogens is 2. The van der Waals surface area contributed by atoms with Gasteiger partial charge in [0.25, 0.3) is 5.91 Å². The number of rotatable bonds is 3. The van der Waals surface area contributed by atoms with Crippen molar-refractivity contribution in [1.82, 2.24) is 20.5 Å². The lowest BCUT2D eigenvalue weighted by molar-refractivity contribution is 0.0950. The fourth-order valence-electron chi connectivity index (χ4n) is 1.10. The molecular formula is C9H6Cl2N4O2. The van der Waals surface area contributed by atoms with Crippen molar-refractivity contribution < 1.29 is 9.21 Å². The molecule has 0 saturated heterocycles. The number of hydrogen-bond acceptors (Lipinski definition) is 5. The van der Waals surface area contributed by atoms with Crippen LogP contribution in [0.2, 0.25) is 10.3 Å². The standard InChI is InChI=1S/C9H6Cl2N4O2/c10-7-1-6(8(11)15-14-7)9(16)12-2-5-3-17-4-13-5/h1,3-4H,2H2,(H,12,16). The van der Waals surface area contributed by atoms with E-state index in [1.165, 1.54) is 18.7 Å². The van der Waals surface area contributed by atoms with Crippen LogP contribution in [0.4, 0.5) is 0 Å². The molecule has 2 aromatic heterocycles. The van der Waals surface area contributed by atoms with Crippen molar-refractivity contribution in [3.05, 3.63) is 40.3 Å². The third kappa shape index (κ3) is 2.92. The van der Waals surface area contributed by atoms with E-state index in [1.807, 2.05) is 0 Å². The Morgan fingerprint density at radius 2 is 2.24 bits per heavy atom. The van der Waals surface area contributed by atoms with E-state index in [0.29, 0.717) is 5.69 Å². The first kappa shape index (κ1) is 11.8. The molecule has 2 heterocycles. The summed E-state index contributed by atoms with van der Waals surface area (Å²) in [7, 11) is 0. The van der Waals surface area contributed by atoms with Crippen LogP contribution in [0, 0.1) is 0 Å². The van der Waals surface area contributed by atoms with Gasteiger partial charge in [-0.1, -0.05) is 23.2 Å². The van der Waals surface area contributed by atoms with Gasteiger partial charge in [0.15, 0.2) is 16.7 Å². The summed E-state index contributed by atoms with van der Waals surface area (Å²) in [6.07, 6.45) is 2.71. The van der Waals surface area contributed by atoms with Crippen molar-refractivity contribution in [2.24, 2.45) is 0 Å². The molecule has 0 atom stereocenters. The maximum atomic E-state index is 11.7. The molecule has 0 aliphatic rings. The van der Waals surface area contributed by atoms with E-state index in [0.717, 1.165) is 0 Å². The van der Waals surface area contributed by atoms with Crippen molar-refractivity contribution in [2.45, 2.75) is 6.54 Å². The first-order valence-electron chi connectivity index (χ1n) is 4.51. The van der Waals surface area contributed by atoms with E-state index >= 15 is 0 Å². The molecule has 17 heavy (non-hydrogen) atoms. The quantitative estimate of drug-likeness (QED) is 0.920. The number of oxazole rings is 1. The van der Waals surface area contributed by atoms with E-state index in [2.05, 4.69) is 20.5 Å². The average Bonchev–Trinajstić information content (AvgIpc) is 2.82. The van der Waals surface area contributed by atoms with E-state index in [4.69, 9.17) is 27.6 Å². The minimum absolute atomic E-state index is 0.00736. The smallest absolute Gasteiger partial charge is 0.254 e. The largest absolute Gasteiger partial charge is 0.451 e. The van der Waals surface area contributed by atoms with Crippen LogP contribution in [0.3, 0.4) is 0 Å². The molecule has 0 radical (unpaired) electrons. The Balaban J connectivity index is 2.07. The van der Waals surface area contributed by atoms with E-state index < -0.39 is 5.91 Å². The molecule has 0 unspecified atom stereocenters. The predicted molar refractivity (Wildman–Crippen MR) is 59.7 cm³/mol.